The molecule has 0 aliphatic heterocycles. The van der Waals surface area contributed by atoms with Crippen molar-refractivity contribution in [1.82, 2.24) is 9.97 Å². The molecule has 0 unspecified atom stereocenters. The highest BCUT2D eigenvalue weighted by atomic mass is 15.1. The van der Waals surface area contributed by atoms with Crippen molar-refractivity contribution in [1.29, 1.82) is 5.26 Å². The second kappa shape index (κ2) is 4.94. The second-order valence-corrected chi connectivity index (χ2v) is 3.47. The van der Waals surface area contributed by atoms with Gasteiger partial charge in [-0.1, -0.05) is 12.1 Å². The van der Waals surface area contributed by atoms with Crippen molar-refractivity contribution in [2.45, 2.75) is 6.54 Å². The maximum Gasteiger partial charge on any atom is 0.224 e. The summed E-state index contributed by atoms with van der Waals surface area (Å²) in [6.07, 6.45) is 1.60. The molecular weight excluding hydrogens is 214 g/mol. The van der Waals surface area contributed by atoms with Crippen molar-refractivity contribution in [3.63, 3.8) is 0 Å². The Balaban J connectivity index is 2.00. The van der Waals surface area contributed by atoms with Gasteiger partial charge in [-0.25, -0.2) is 4.98 Å². The number of aromatic nitrogens is 2. The van der Waals surface area contributed by atoms with Crippen LogP contribution in [-0.4, -0.2) is 9.97 Å². The summed E-state index contributed by atoms with van der Waals surface area (Å²) in [5.41, 5.74) is 7.24. The normalized spacial score (nSPS) is 9.59. The highest BCUT2D eigenvalue weighted by molar-refractivity contribution is 5.37. The zero-order valence-electron chi connectivity index (χ0n) is 9.09. The van der Waals surface area contributed by atoms with Gasteiger partial charge in [-0.2, -0.15) is 10.2 Å². The maximum absolute atomic E-state index is 8.67. The molecule has 0 saturated heterocycles. The number of hydrogen-bond donors (Lipinski definition) is 2. The van der Waals surface area contributed by atoms with Crippen molar-refractivity contribution in [2.75, 3.05) is 11.1 Å². The van der Waals surface area contributed by atoms with Crippen LogP contribution in [0.25, 0.3) is 0 Å². The van der Waals surface area contributed by atoms with E-state index in [1.54, 1.807) is 24.4 Å². The third-order valence-electron chi connectivity index (χ3n) is 2.21. The van der Waals surface area contributed by atoms with Crippen LogP contribution in [-0.2, 0) is 6.54 Å². The Bertz CT molecular complexity index is 542. The zero-order valence-corrected chi connectivity index (χ0v) is 9.09. The highest BCUT2D eigenvalue weighted by Gasteiger charge is 1.97. The summed E-state index contributed by atoms with van der Waals surface area (Å²) in [7, 11) is 0. The number of nitrogens with one attached hydrogen (secondary N) is 1. The number of rotatable bonds is 3. The van der Waals surface area contributed by atoms with Crippen LogP contribution < -0.4 is 11.1 Å². The number of hydrogen-bond acceptors (Lipinski definition) is 5. The van der Waals surface area contributed by atoms with E-state index in [-0.39, 0.29) is 0 Å². The first kappa shape index (κ1) is 10.9. The molecule has 0 saturated carbocycles. The van der Waals surface area contributed by atoms with Crippen LogP contribution in [0.2, 0.25) is 0 Å². The Labute approximate surface area is 98.9 Å². The number of nitriles is 1. The van der Waals surface area contributed by atoms with Gasteiger partial charge in [-0.05, 0) is 23.8 Å². The van der Waals surface area contributed by atoms with Crippen LogP contribution in [0.15, 0.2) is 36.5 Å². The van der Waals surface area contributed by atoms with Crippen LogP contribution in [0.3, 0.4) is 0 Å². The molecule has 5 nitrogen and oxygen atoms in total. The largest absolute Gasteiger partial charge is 0.384 e. The van der Waals surface area contributed by atoms with Gasteiger partial charge in [0.2, 0.25) is 5.95 Å². The number of nitrogen functional groups attached to an aromatic ring is 1. The van der Waals surface area contributed by atoms with Crippen LogP contribution in [0.5, 0.6) is 0 Å². The molecule has 0 aliphatic rings. The van der Waals surface area contributed by atoms with E-state index >= 15 is 0 Å². The third kappa shape index (κ3) is 2.92. The molecule has 2 rings (SSSR count). The second-order valence-electron chi connectivity index (χ2n) is 3.47. The average Bonchev–Trinajstić information content (AvgIpc) is 2.37. The smallest absolute Gasteiger partial charge is 0.224 e. The molecule has 2 aromatic rings. The Morgan fingerprint density at radius 1 is 1.24 bits per heavy atom. The Morgan fingerprint density at radius 2 is 2.00 bits per heavy atom. The summed E-state index contributed by atoms with van der Waals surface area (Å²) in [6, 6.07) is 11.0. The van der Waals surface area contributed by atoms with Gasteiger partial charge in [0.15, 0.2) is 0 Å². The predicted octanol–water partition coefficient (Wildman–Crippen LogP) is 1.54. The number of anilines is 2. The highest BCUT2D eigenvalue weighted by Crippen LogP contribution is 2.06. The molecular formula is C12H11N5. The van der Waals surface area contributed by atoms with Crippen LogP contribution in [0, 0.1) is 11.3 Å². The molecule has 5 heteroatoms. The van der Waals surface area contributed by atoms with E-state index < -0.39 is 0 Å². The molecule has 1 heterocycles. The lowest BCUT2D eigenvalue weighted by Gasteiger charge is -2.04. The van der Waals surface area contributed by atoms with Crippen molar-refractivity contribution >= 4 is 11.8 Å². The molecule has 3 N–H and O–H groups in total. The molecule has 1 aromatic carbocycles. The van der Waals surface area contributed by atoms with Crippen molar-refractivity contribution in [2.24, 2.45) is 0 Å². The quantitative estimate of drug-likeness (QED) is 0.827. The fraction of sp³-hybridized carbons (Fsp3) is 0.0833. The van der Waals surface area contributed by atoms with E-state index in [0.717, 1.165) is 5.56 Å². The topological polar surface area (TPSA) is 87.6 Å². The van der Waals surface area contributed by atoms with Gasteiger partial charge in [0.05, 0.1) is 11.6 Å². The molecule has 0 radical (unpaired) electrons. The van der Waals surface area contributed by atoms with Gasteiger partial charge in [0.25, 0.3) is 0 Å². The van der Waals surface area contributed by atoms with Crippen LogP contribution >= 0.6 is 0 Å². The average molecular weight is 225 g/mol. The summed E-state index contributed by atoms with van der Waals surface area (Å²) in [4.78, 5) is 8.06. The van der Waals surface area contributed by atoms with Crippen LogP contribution in [0.1, 0.15) is 11.1 Å². The first-order valence-electron chi connectivity index (χ1n) is 5.09. The van der Waals surface area contributed by atoms with Gasteiger partial charge in [0, 0.05) is 12.7 Å². The van der Waals surface area contributed by atoms with Crippen molar-refractivity contribution in [3.8, 4) is 6.07 Å². The predicted molar refractivity (Wildman–Crippen MR) is 64.9 cm³/mol. The summed E-state index contributed by atoms with van der Waals surface area (Å²) >= 11 is 0. The summed E-state index contributed by atoms with van der Waals surface area (Å²) in [5.74, 6) is 0.927. The fourth-order valence-electron chi connectivity index (χ4n) is 1.34. The minimum absolute atomic E-state index is 0.433. The van der Waals surface area contributed by atoms with Gasteiger partial charge < -0.3 is 11.1 Å². The standard InChI is InChI=1S/C12H11N5/c13-7-9-1-3-10(4-2-9)8-16-12-15-6-5-11(14)17-12/h1-6H,8H2,(H3,14,15,16,17). The zero-order chi connectivity index (χ0) is 12.1. The molecule has 0 bridgehead atoms. The fourth-order valence-corrected chi connectivity index (χ4v) is 1.34. The molecule has 0 spiro atoms. The first-order chi connectivity index (χ1) is 8.28. The van der Waals surface area contributed by atoms with Crippen LogP contribution in [0.4, 0.5) is 11.8 Å². The van der Waals surface area contributed by atoms with E-state index in [4.69, 9.17) is 11.0 Å². The lowest BCUT2D eigenvalue weighted by atomic mass is 10.1. The van der Waals surface area contributed by atoms with Crippen molar-refractivity contribution < 1.29 is 0 Å². The van der Waals surface area contributed by atoms with E-state index in [1.165, 1.54) is 0 Å². The third-order valence-corrected chi connectivity index (χ3v) is 2.21. The lowest BCUT2D eigenvalue weighted by Crippen LogP contribution is -2.04. The first-order valence-corrected chi connectivity index (χ1v) is 5.09. The van der Waals surface area contributed by atoms with Gasteiger partial charge in [0.1, 0.15) is 5.82 Å². The molecule has 17 heavy (non-hydrogen) atoms. The van der Waals surface area contributed by atoms with E-state index in [1.807, 2.05) is 12.1 Å². The Morgan fingerprint density at radius 3 is 2.65 bits per heavy atom. The SMILES string of the molecule is N#Cc1ccc(CNc2nccc(N)n2)cc1. The minimum Gasteiger partial charge on any atom is -0.384 e. The summed E-state index contributed by atoms with van der Waals surface area (Å²) in [5, 5.41) is 11.7. The number of nitrogens with two attached hydrogens (primary N) is 1. The maximum atomic E-state index is 8.67. The lowest BCUT2D eigenvalue weighted by molar-refractivity contribution is 1.06. The number of nitrogens with zero attached hydrogens (tertiary/aromatic N) is 3. The molecule has 84 valence electrons. The van der Waals surface area contributed by atoms with Gasteiger partial charge in [-0.3, -0.25) is 0 Å². The molecule has 0 aliphatic carbocycles. The van der Waals surface area contributed by atoms with E-state index in [0.29, 0.717) is 23.9 Å². The van der Waals surface area contributed by atoms with Gasteiger partial charge >= 0.3 is 0 Å². The molecule has 0 atom stereocenters. The monoisotopic (exact) mass is 225 g/mol. The van der Waals surface area contributed by atoms with E-state index in [2.05, 4.69) is 21.4 Å². The molecule has 0 amide bonds. The Kier molecular flexibility index (Phi) is 3.17. The molecule has 0 fully saturated rings. The van der Waals surface area contributed by atoms with E-state index in [9.17, 15) is 0 Å². The molecule has 1 aromatic heterocycles. The summed E-state index contributed by atoms with van der Waals surface area (Å²) in [6.45, 7) is 0.592. The number of benzene rings is 1. The van der Waals surface area contributed by atoms with Crippen molar-refractivity contribution in [3.05, 3.63) is 47.7 Å². The summed E-state index contributed by atoms with van der Waals surface area (Å²) < 4.78 is 0. The minimum atomic E-state index is 0.433. The Hall–Kier alpha value is -2.61. The van der Waals surface area contributed by atoms with Gasteiger partial charge in [-0.15, -0.1) is 0 Å².